The van der Waals surface area contributed by atoms with Crippen molar-refractivity contribution in [3.63, 3.8) is 0 Å². The highest BCUT2D eigenvalue weighted by molar-refractivity contribution is 7.89. The third-order valence-electron chi connectivity index (χ3n) is 3.49. The Morgan fingerprint density at radius 3 is 2.86 bits per heavy atom. The molecule has 7 nitrogen and oxygen atoms in total. The molecule has 0 aromatic heterocycles. The molecule has 1 N–H and O–H groups in total. The van der Waals surface area contributed by atoms with Gasteiger partial charge in [-0.05, 0) is 38.1 Å². The molecule has 2 rings (SSSR count). The molecular weight excluding hydrogens is 301 g/mol. The molecule has 1 aliphatic heterocycles. The first kappa shape index (κ1) is 15.8. The van der Waals surface area contributed by atoms with Gasteiger partial charge in [0, 0.05) is 19.2 Å². The Bertz CT molecular complexity index is 650. The zero-order chi connectivity index (χ0) is 15.6. The second kappa shape index (κ2) is 6.04. The Kier molecular flexibility index (Phi) is 4.55. The zero-order valence-electron chi connectivity index (χ0n) is 11.5. The van der Waals surface area contributed by atoms with Crippen LogP contribution in [0.15, 0.2) is 23.1 Å². The Balaban J connectivity index is 2.28. The zero-order valence-corrected chi connectivity index (χ0v) is 12.3. The summed E-state index contributed by atoms with van der Waals surface area (Å²) in [4.78, 5) is 9.53. The number of benzene rings is 1. The van der Waals surface area contributed by atoms with E-state index >= 15 is 0 Å². The van der Waals surface area contributed by atoms with Crippen LogP contribution in [-0.2, 0) is 10.0 Å². The minimum atomic E-state index is -3.83. The number of hydrogen-bond acceptors (Lipinski definition) is 5. The fourth-order valence-corrected chi connectivity index (χ4v) is 3.96. The van der Waals surface area contributed by atoms with Gasteiger partial charge in [0.05, 0.1) is 9.82 Å². The van der Waals surface area contributed by atoms with Crippen molar-refractivity contribution >= 4 is 15.7 Å². The molecule has 0 bridgehead atoms. The predicted molar refractivity (Wildman–Crippen MR) is 73.8 cm³/mol. The molecule has 9 heteroatoms. The van der Waals surface area contributed by atoms with Gasteiger partial charge < -0.3 is 5.32 Å². The van der Waals surface area contributed by atoms with E-state index in [1.165, 1.54) is 4.31 Å². The van der Waals surface area contributed by atoms with Crippen LogP contribution >= 0.6 is 0 Å². The standard InChI is InChI=1S/C12H16FN3O4S/c1-14-7-9-4-5-15(8-9)21(19,20)10-2-3-11(13)12(6-10)16(17)18/h2-3,6,9,14H,4-5,7-8H2,1H3. The van der Waals surface area contributed by atoms with Crippen molar-refractivity contribution in [1.29, 1.82) is 0 Å². The van der Waals surface area contributed by atoms with Crippen LogP contribution in [0.5, 0.6) is 0 Å². The van der Waals surface area contributed by atoms with Gasteiger partial charge in [-0.1, -0.05) is 0 Å². The van der Waals surface area contributed by atoms with Gasteiger partial charge in [0.25, 0.3) is 0 Å². The summed E-state index contributed by atoms with van der Waals surface area (Å²) < 4.78 is 39.4. The summed E-state index contributed by atoms with van der Waals surface area (Å²) in [6.07, 6.45) is 0.726. The minimum absolute atomic E-state index is 0.209. The topological polar surface area (TPSA) is 92.6 Å². The van der Waals surface area contributed by atoms with Crippen molar-refractivity contribution in [3.8, 4) is 0 Å². The van der Waals surface area contributed by atoms with E-state index in [4.69, 9.17) is 0 Å². The number of sulfonamides is 1. The number of halogens is 1. The van der Waals surface area contributed by atoms with E-state index in [0.29, 0.717) is 19.6 Å². The van der Waals surface area contributed by atoms with E-state index in [1.54, 1.807) is 7.05 Å². The number of nitrogens with one attached hydrogen (secondary N) is 1. The summed E-state index contributed by atoms with van der Waals surface area (Å²) >= 11 is 0. The van der Waals surface area contributed by atoms with Crippen molar-refractivity contribution < 1.29 is 17.7 Å². The van der Waals surface area contributed by atoms with Gasteiger partial charge in [-0.3, -0.25) is 10.1 Å². The molecule has 0 saturated carbocycles. The number of hydrogen-bond donors (Lipinski definition) is 1. The second-order valence-corrected chi connectivity index (χ2v) is 6.88. The molecule has 0 amide bonds. The fourth-order valence-electron chi connectivity index (χ4n) is 2.41. The van der Waals surface area contributed by atoms with E-state index in [1.807, 2.05) is 0 Å². The lowest BCUT2D eigenvalue weighted by molar-refractivity contribution is -0.387. The SMILES string of the molecule is CNCC1CCN(S(=O)(=O)c2ccc(F)c([N+](=O)[O-])c2)C1. The lowest BCUT2D eigenvalue weighted by atomic mass is 10.1. The van der Waals surface area contributed by atoms with Gasteiger partial charge in [-0.25, -0.2) is 8.42 Å². The van der Waals surface area contributed by atoms with Gasteiger partial charge in [0.15, 0.2) is 0 Å². The first-order valence-corrected chi connectivity index (χ1v) is 7.89. The van der Waals surface area contributed by atoms with E-state index in [0.717, 1.165) is 24.6 Å². The quantitative estimate of drug-likeness (QED) is 0.645. The Labute approximate surface area is 122 Å². The van der Waals surface area contributed by atoms with Crippen LogP contribution in [0.3, 0.4) is 0 Å². The van der Waals surface area contributed by atoms with Crippen LogP contribution in [0.4, 0.5) is 10.1 Å². The highest BCUT2D eigenvalue weighted by atomic mass is 32.2. The molecule has 1 atom stereocenters. The summed E-state index contributed by atoms with van der Waals surface area (Å²) in [5.74, 6) is -0.839. The lowest BCUT2D eigenvalue weighted by Crippen LogP contribution is -2.30. The Hall–Kier alpha value is -1.58. The molecule has 1 unspecified atom stereocenters. The minimum Gasteiger partial charge on any atom is -0.319 e. The molecule has 1 aromatic rings. The van der Waals surface area contributed by atoms with Crippen molar-refractivity contribution in [2.45, 2.75) is 11.3 Å². The number of nitro benzene ring substituents is 1. The maximum absolute atomic E-state index is 13.3. The average Bonchev–Trinajstić information content (AvgIpc) is 2.88. The Morgan fingerprint density at radius 1 is 1.52 bits per heavy atom. The van der Waals surface area contributed by atoms with Crippen LogP contribution in [0.2, 0.25) is 0 Å². The Morgan fingerprint density at radius 2 is 2.24 bits per heavy atom. The summed E-state index contributed by atoms with van der Waals surface area (Å²) in [6, 6.07) is 2.64. The molecule has 1 saturated heterocycles. The maximum Gasteiger partial charge on any atom is 0.306 e. The molecule has 1 aromatic carbocycles. The van der Waals surface area contributed by atoms with E-state index in [9.17, 15) is 22.9 Å². The summed E-state index contributed by atoms with van der Waals surface area (Å²) in [6.45, 7) is 1.42. The number of nitrogens with zero attached hydrogens (tertiary/aromatic N) is 2. The number of nitro groups is 1. The van der Waals surface area contributed by atoms with E-state index < -0.39 is 26.5 Å². The molecule has 116 valence electrons. The van der Waals surface area contributed by atoms with E-state index in [2.05, 4.69) is 5.32 Å². The molecule has 0 spiro atoms. The third kappa shape index (κ3) is 3.20. The molecule has 21 heavy (non-hydrogen) atoms. The fraction of sp³-hybridized carbons (Fsp3) is 0.500. The van der Waals surface area contributed by atoms with Crippen LogP contribution in [0, 0.1) is 21.8 Å². The molecule has 0 aliphatic carbocycles. The number of rotatable bonds is 5. The first-order valence-electron chi connectivity index (χ1n) is 6.45. The van der Waals surface area contributed by atoms with Crippen LogP contribution in [0.25, 0.3) is 0 Å². The van der Waals surface area contributed by atoms with Crippen LogP contribution in [0.1, 0.15) is 6.42 Å². The molecule has 1 aliphatic rings. The van der Waals surface area contributed by atoms with Gasteiger partial charge >= 0.3 is 5.69 Å². The van der Waals surface area contributed by atoms with Crippen molar-refractivity contribution in [2.75, 3.05) is 26.7 Å². The highest BCUT2D eigenvalue weighted by Crippen LogP contribution is 2.27. The third-order valence-corrected chi connectivity index (χ3v) is 5.35. The van der Waals surface area contributed by atoms with Crippen LogP contribution in [-0.4, -0.2) is 44.3 Å². The van der Waals surface area contributed by atoms with Crippen molar-refractivity contribution in [1.82, 2.24) is 9.62 Å². The van der Waals surface area contributed by atoms with Gasteiger partial charge in [-0.2, -0.15) is 8.70 Å². The first-order chi connectivity index (χ1) is 9.86. The molecule has 0 radical (unpaired) electrons. The van der Waals surface area contributed by atoms with E-state index in [-0.39, 0.29) is 10.8 Å². The smallest absolute Gasteiger partial charge is 0.306 e. The summed E-state index contributed by atoms with van der Waals surface area (Å²) in [5.41, 5.74) is -0.831. The maximum atomic E-state index is 13.3. The predicted octanol–water partition coefficient (Wildman–Crippen LogP) is 0.964. The average molecular weight is 317 g/mol. The normalized spacial score (nSPS) is 19.8. The lowest BCUT2D eigenvalue weighted by Gasteiger charge is -2.16. The van der Waals surface area contributed by atoms with Crippen molar-refractivity contribution in [2.24, 2.45) is 5.92 Å². The van der Waals surface area contributed by atoms with Gasteiger partial charge in [-0.15, -0.1) is 0 Å². The van der Waals surface area contributed by atoms with Crippen molar-refractivity contribution in [3.05, 3.63) is 34.1 Å². The molecule has 1 fully saturated rings. The second-order valence-electron chi connectivity index (χ2n) is 4.95. The van der Waals surface area contributed by atoms with Gasteiger partial charge in [0.1, 0.15) is 0 Å². The largest absolute Gasteiger partial charge is 0.319 e. The van der Waals surface area contributed by atoms with Gasteiger partial charge in [0.2, 0.25) is 15.8 Å². The van der Waals surface area contributed by atoms with Crippen LogP contribution < -0.4 is 5.32 Å². The highest BCUT2D eigenvalue weighted by Gasteiger charge is 2.33. The molecular formula is C12H16FN3O4S. The summed E-state index contributed by atoms with van der Waals surface area (Å²) in [7, 11) is -2.04. The summed E-state index contributed by atoms with van der Waals surface area (Å²) in [5, 5.41) is 13.7. The molecule has 1 heterocycles. The monoisotopic (exact) mass is 317 g/mol.